The number of hydrogen-bond acceptors (Lipinski definition) is 5. The molecule has 0 spiro atoms. The van der Waals surface area contributed by atoms with Crippen molar-refractivity contribution in [2.24, 2.45) is 5.92 Å². The van der Waals surface area contributed by atoms with Crippen LogP contribution in [-0.4, -0.2) is 50.2 Å². The summed E-state index contributed by atoms with van der Waals surface area (Å²) in [7, 11) is 0. The number of anilines is 1. The van der Waals surface area contributed by atoms with Crippen LogP contribution >= 0.6 is 0 Å². The number of rotatable bonds is 6. The van der Waals surface area contributed by atoms with E-state index < -0.39 is 12.0 Å². The highest BCUT2D eigenvalue weighted by molar-refractivity contribution is 5.45. The molecule has 26 heavy (non-hydrogen) atoms. The lowest BCUT2D eigenvalue weighted by atomic mass is 10.0. The first-order valence-corrected chi connectivity index (χ1v) is 9.03. The maximum absolute atomic E-state index is 12.9. The number of aryl methyl sites for hydroxylation is 1. The second-order valence-electron chi connectivity index (χ2n) is 7.34. The molecule has 3 heterocycles. The zero-order valence-corrected chi connectivity index (χ0v) is 15.3. The number of halogens is 3. The summed E-state index contributed by atoms with van der Waals surface area (Å²) in [5.74, 6) is -0.174. The molecule has 2 aromatic heterocycles. The van der Waals surface area contributed by atoms with Crippen molar-refractivity contribution in [3.63, 3.8) is 0 Å². The monoisotopic (exact) mass is 370 g/mol. The van der Waals surface area contributed by atoms with E-state index in [1.54, 1.807) is 13.0 Å². The number of hydrogen-bond donors (Lipinski definition) is 1. The van der Waals surface area contributed by atoms with Gasteiger partial charge in [-0.25, -0.2) is 4.98 Å². The van der Waals surface area contributed by atoms with Gasteiger partial charge in [0.05, 0.1) is 0 Å². The Balaban J connectivity index is 1.83. The molecule has 1 saturated heterocycles. The summed E-state index contributed by atoms with van der Waals surface area (Å²) in [6.07, 6.45) is -1.16. The van der Waals surface area contributed by atoms with Crippen molar-refractivity contribution in [3.8, 4) is 0 Å². The van der Waals surface area contributed by atoms with Crippen LogP contribution in [0.3, 0.4) is 0 Å². The number of aromatic nitrogens is 4. The first-order valence-electron chi connectivity index (χ1n) is 9.03. The highest BCUT2D eigenvalue weighted by Crippen LogP contribution is 2.27. The molecular formula is C17H25F3N6. The van der Waals surface area contributed by atoms with E-state index in [0.29, 0.717) is 30.0 Å². The number of likely N-dealkylation sites (tertiary alicyclic amines) is 1. The van der Waals surface area contributed by atoms with E-state index in [9.17, 15) is 13.2 Å². The first kappa shape index (κ1) is 18.9. The molecular weight excluding hydrogens is 345 g/mol. The number of nitrogens with zero attached hydrogens (tertiary/aromatic N) is 5. The SMILES string of the molecule is Cc1cc(NCC(CC(C)C)N2CCCC2)n2nc(C(F)(F)F)nc2n1. The third kappa shape index (κ3) is 4.25. The zero-order valence-electron chi connectivity index (χ0n) is 15.3. The molecule has 144 valence electrons. The van der Waals surface area contributed by atoms with E-state index in [0.717, 1.165) is 24.0 Å². The van der Waals surface area contributed by atoms with Gasteiger partial charge in [-0.05, 0) is 45.2 Å². The van der Waals surface area contributed by atoms with Gasteiger partial charge in [-0.3, -0.25) is 4.90 Å². The Morgan fingerprint density at radius 3 is 2.50 bits per heavy atom. The van der Waals surface area contributed by atoms with E-state index in [1.807, 2.05) is 0 Å². The Morgan fingerprint density at radius 2 is 1.88 bits per heavy atom. The summed E-state index contributed by atoms with van der Waals surface area (Å²) >= 11 is 0. The standard InChI is InChI=1S/C17H25F3N6/c1-11(2)8-13(25-6-4-5-7-25)10-21-14-9-12(3)22-16-23-15(17(18,19)20)24-26(14)16/h9,11,13,21H,4-8,10H2,1-3H3. The fourth-order valence-electron chi connectivity index (χ4n) is 3.47. The molecule has 0 aromatic carbocycles. The summed E-state index contributed by atoms with van der Waals surface area (Å²) in [5, 5.41) is 6.89. The van der Waals surface area contributed by atoms with Gasteiger partial charge >= 0.3 is 6.18 Å². The second kappa shape index (κ2) is 7.38. The quantitative estimate of drug-likeness (QED) is 0.845. The molecule has 6 nitrogen and oxygen atoms in total. The molecule has 3 rings (SSSR count). The van der Waals surface area contributed by atoms with Crippen LogP contribution in [0, 0.1) is 12.8 Å². The molecule has 1 atom stereocenters. The fraction of sp³-hybridized carbons (Fsp3) is 0.706. The van der Waals surface area contributed by atoms with Gasteiger partial charge in [0.1, 0.15) is 5.82 Å². The molecule has 9 heteroatoms. The van der Waals surface area contributed by atoms with Crippen LogP contribution in [0.5, 0.6) is 0 Å². The van der Waals surface area contributed by atoms with Crippen LogP contribution < -0.4 is 5.32 Å². The van der Waals surface area contributed by atoms with E-state index in [-0.39, 0.29) is 5.78 Å². The molecule has 1 unspecified atom stereocenters. The third-order valence-electron chi connectivity index (χ3n) is 4.61. The Bertz CT molecular complexity index is 749. The Morgan fingerprint density at radius 1 is 1.19 bits per heavy atom. The van der Waals surface area contributed by atoms with Gasteiger partial charge < -0.3 is 5.32 Å². The molecule has 1 aliphatic rings. The average Bonchev–Trinajstić information content (AvgIpc) is 3.19. The summed E-state index contributed by atoms with van der Waals surface area (Å²) in [6, 6.07) is 2.05. The van der Waals surface area contributed by atoms with Crippen molar-refractivity contribution in [2.75, 3.05) is 25.0 Å². The van der Waals surface area contributed by atoms with Crippen LogP contribution in [0.4, 0.5) is 19.0 Å². The van der Waals surface area contributed by atoms with E-state index in [4.69, 9.17) is 0 Å². The summed E-state index contributed by atoms with van der Waals surface area (Å²) < 4.78 is 39.9. The van der Waals surface area contributed by atoms with Crippen molar-refractivity contribution < 1.29 is 13.2 Å². The highest BCUT2D eigenvalue weighted by Gasteiger charge is 2.37. The van der Waals surface area contributed by atoms with Crippen molar-refractivity contribution in [1.82, 2.24) is 24.5 Å². The zero-order chi connectivity index (χ0) is 18.9. The molecule has 1 aliphatic heterocycles. The number of fused-ring (bicyclic) bond motifs is 1. The predicted octanol–water partition coefficient (Wildman–Crippen LogP) is 3.37. The van der Waals surface area contributed by atoms with Crippen LogP contribution in [0.25, 0.3) is 5.78 Å². The van der Waals surface area contributed by atoms with E-state index in [1.165, 1.54) is 12.8 Å². The molecule has 0 amide bonds. The van der Waals surface area contributed by atoms with Crippen molar-refractivity contribution in [3.05, 3.63) is 17.6 Å². The smallest absolute Gasteiger partial charge is 0.368 e. The Kier molecular flexibility index (Phi) is 5.36. The molecule has 1 fully saturated rings. The fourth-order valence-corrected chi connectivity index (χ4v) is 3.47. The van der Waals surface area contributed by atoms with Gasteiger partial charge in [0.2, 0.25) is 0 Å². The summed E-state index contributed by atoms with van der Waals surface area (Å²) in [4.78, 5) is 10.0. The molecule has 1 N–H and O–H groups in total. The number of alkyl halides is 3. The normalized spacial score (nSPS) is 17.3. The lowest BCUT2D eigenvalue weighted by molar-refractivity contribution is -0.144. The molecule has 0 saturated carbocycles. The Labute approximate surface area is 150 Å². The Hall–Kier alpha value is -1.90. The maximum atomic E-state index is 12.9. The topological polar surface area (TPSA) is 58.4 Å². The minimum atomic E-state index is -4.59. The van der Waals surface area contributed by atoms with Crippen LogP contribution in [0.1, 0.15) is 44.6 Å². The van der Waals surface area contributed by atoms with E-state index >= 15 is 0 Å². The predicted molar refractivity (Wildman–Crippen MR) is 93.1 cm³/mol. The minimum absolute atomic E-state index is 0.0404. The molecule has 0 radical (unpaired) electrons. The van der Waals surface area contributed by atoms with Gasteiger partial charge in [0.15, 0.2) is 0 Å². The molecule has 2 aromatic rings. The summed E-state index contributed by atoms with van der Waals surface area (Å²) in [5.41, 5.74) is 0.600. The van der Waals surface area contributed by atoms with Crippen LogP contribution in [0.2, 0.25) is 0 Å². The van der Waals surface area contributed by atoms with Crippen molar-refractivity contribution in [1.29, 1.82) is 0 Å². The average molecular weight is 370 g/mol. The van der Waals surface area contributed by atoms with Crippen LogP contribution in [0.15, 0.2) is 6.07 Å². The minimum Gasteiger partial charge on any atom is -0.368 e. The highest BCUT2D eigenvalue weighted by atomic mass is 19.4. The molecule has 0 bridgehead atoms. The lowest BCUT2D eigenvalue weighted by Crippen LogP contribution is -2.39. The number of nitrogens with one attached hydrogen (secondary N) is 1. The third-order valence-corrected chi connectivity index (χ3v) is 4.61. The maximum Gasteiger partial charge on any atom is 0.453 e. The largest absolute Gasteiger partial charge is 0.453 e. The van der Waals surface area contributed by atoms with Gasteiger partial charge in [-0.15, -0.1) is 5.10 Å². The van der Waals surface area contributed by atoms with Crippen molar-refractivity contribution in [2.45, 2.75) is 52.3 Å². The lowest BCUT2D eigenvalue weighted by Gasteiger charge is -2.29. The van der Waals surface area contributed by atoms with Gasteiger partial charge in [-0.2, -0.15) is 22.7 Å². The molecule has 0 aliphatic carbocycles. The summed E-state index contributed by atoms with van der Waals surface area (Å²) in [6.45, 7) is 8.91. The van der Waals surface area contributed by atoms with Gasteiger partial charge in [0.25, 0.3) is 11.6 Å². The van der Waals surface area contributed by atoms with Crippen molar-refractivity contribution >= 4 is 11.6 Å². The van der Waals surface area contributed by atoms with E-state index in [2.05, 4.69) is 39.1 Å². The van der Waals surface area contributed by atoms with Crippen LogP contribution in [-0.2, 0) is 6.18 Å². The van der Waals surface area contributed by atoms with Gasteiger partial charge in [-0.1, -0.05) is 13.8 Å². The first-order chi connectivity index (χ1) is 12.2. The van der Waals surface area contributed by atoms with Gasteiger partial charge in [0, 0.05) is 24.3 Å². The second-order valence-corrected chi connectivity index (χ2v) is 7.34.